The van der Waals surface area contributed by atoms with Crippen molar-refractivity contribution in [1.29, 1.82) is 0 Å². The number of rotatable bonds is 4. The number of aromatic nitrogens is 2. The van der Waals surface area contributed by atoms with Gasteiger partial charge in [-0.15, -0.1) is 0 Å². The lowest BCUT2D eigenvalue weighted by molar-refractivity contribution is -0.697. The molecule has 4 nitrogen and oxygen atoms in total. The minimum absolute atomic E-state index is 0.0594. The first kappa shape index (κ1) is 9.77. The molecule has 0 radical (unpaired) electrons. The van der Waals surface area contributed by atoms with Crippen molar-refractivity contribution in [2.75, 3.05) is 0 Å². The summed E-state index contributed by atoms with van der Waals surface area (Å²) < 4.78 is 3.74. The molecule has 1 aromatic rings. The fraction of sp³-hybridized carbons (Fsp3) is 0.556. The molecule has 0 saturated carbocycles. The number of carbonyl (C=O) groups excluding carboxylic acids is 1. The molecule has 0 aliphatic heterocycles. The second-order valence-electron chi connectivity index (χ2n) is 2.85. The van der Waals surface area contributed by atoms with Gasteiger partial charge in [0.15, 0.2) is 0 Å². The van der Waals surface area contributed by atoms with Crippen LogP contribution in [0.25, 0.3) is 0 Å². The molecule has 72 valence electrons. The predicted octanol–water partition coefficient (Wildman–Crippen LogP) is -0.892. The second-order valence-corrected chi connectivity index (χ2v) is 2.85. The van der Waals surface area contributed by atoms with Gasteiger partial charge in [-0.05, 0) is 6.92 Å². The van der Waals surface area contributed by atoms with Crippen LogP contribution in [0.15, 0.2) is 12.4 Å². The van der Waals surface area contributed by atoms with Crippen LogP contribution in [0.5, 0.6) is 0 Å². The number of aliphatic carboxylic acids is 1. The number of imidazole rings is 1. The van der Waals surface area contributed by atoms with Crippen molar-refractivity contribution in [3.8, 4) is 0 Å². The molecule has 0 aliphatic rings. The standard InChI is InChI=1S/C9H14N2O2/c1-3-8-10(4-2)5-6-11(8)7-9(12)13/h5-6H,3-4,7H2,1-2H3. The minimum Gasteiger partial charge on any atom is -0.546 e. The predicted molar refractivity (Wildman–Crippen MR) is 44.7 cm³/mol. The zero-order valence-corrected chi connectivity index (χ0v) is 7.99. The molecule has 0 N–H and O–H groups in total. The number of carboxylic acid groups (broad SMARTS) is 1. The summed E-state index contributed by atoms with van der Waals surface area (Å²) in [5.41, 5.74) is 0. The van der Waals surface area contributed by atoms with E-state index in [0.717, 1.165) is 18.8 Å². The maximum atomic E-state index is 10.4. The van der Waals surface area contributed by atoms with Gasteiger partial charge in [-0.25, -0.2) is 9.13 Å². The van der Waals surface area contributed by atoms with Gasteiger partial charge in [0.1, 0.15) is 18.9 Å². The molecule has 1 aromatic heterocycles. The van der Waals surface area contributed by atoms with Gasteiger partial charge in [0.25, 0.3) is 5.82 Å². The van der Waals surface area contributed by atoms with Gasteiger partial charge in [0, 0.05) is 6.42 Å². The first-order valence-electron chi connectivity index (χ1n) is 4.46. The fourth-order valence-electron chi connectivity index (χ4n) is 1.48. The van der Waals surface area contributed by atoms with Crippen molar-refractivity contribution >= 4 is 5.97 Å². The topological polar surface area (TPSA) is 48.9 Å². The van der Waals surface area contributed by atoms with Crippen LogP contribution in [0, 0.1) is 0 Å². The number of hydrogen-bond acceptors (Lipinski definition) is 2. The van der Waals surface area contributed by atoms with Crippen LogP contribution in [0.4, 0.5) is 0 Å². The van der Waals surface area contributed by atoms with E-state index in [9.17, 15) is 9.90 Å². The number of hydrogen-bond donors (Lipinski definition) is 0. The van der Waals surface area contributed by atoms with Crippen LogP contribution in [0.2, 0.25) is 0 Å². The number of carboxylic acids is 1. The average molecular weight is 182 g/mol. The van der Waals surface area contributed by atoms with Crippen molar-refractivity contribution in [2.45, 2.75) is 33.4 Å². The molecule has 0 atom stereocenters. The molecule has 0 spiro atoms. The third-order valence-electron chi connectivity index (χ3n) is 2.05. The SMILES string of the molecule is CCc1n(CC)cc[n+]1CC(=O)[O-]. The largest absolute Gasteiger partial charge is 0.546 e. The van der Waals surface area contributed by atoms with Gasteiger partial charge < -0.3 is 9.90 Å². The summed E-state index contributed by atoms with van der Waals surface area (Å²) in [5, 5.41) is 10.4. The lowest BCUT2D eigenvalue weighted by Crippen LogP contribution is -2.45. The Morgan fingerprint density at radius 2 is 2.31 bits per heavy atom. The maximum absolute atomic E-state index is 10.4. The van der Waals surface area contributed by atoms with E-state index in [1.54, 1.807) is 10.8 Å². The van der Waals surface area contributed by atoms with Gasteiger partial charge in [0.05, 0.1) is 12.5 Å². The molecular formula is C9H14N2O2. The summed E-state index contributed by atoms with van der Waals surface area (Å²) in [5.74, 6) is -0.0275. The van der Waals surface area contributed by atoms with Crippen molar-refractivity contribution in [3.63, 3.8) is 0 Å². The lowest BCUT2D eigenvalue weighted by atomic mass is 10.4. The maximum Gasteiger partial charge on any atom is 0.256 e. The van der Waals surface area contributed by atoms with Crippen LogP contribution in [-0.4, -0.2) is 10.5 Å². The Kier molecular flexibility index (Phi) is 3.06. The number of aryl methyl sites for hydroxylation is 1. The first-order valence-corrected chi connectivity index (χ1v) is 4.46. The molecule has 1 heterocycles. The smallest absolute Gasteiger partial charge is 0.256 e. The van der Waals surface area contributed by atoms with Crippen LogP contribution in [0.3, 0.4) is 0 Å². The van der Waals surface area contributed by atoms with Crippen LogP contribution in [0.1, 0.15) is 19.7 Å². The Morgan fingerprint density at radius 3 is 2.77 bits per heavy atom. The third kappa shape index (κ3) is 2.08. The second kappa shape index (κ2) is 4.07. The number of carbonyl (C=O) groups is 1. The highest BCUT2D eigenvalue weighted by Crippen LogP contribution is 1.95. The Morgan fingerprint density at radius 1 is 1.62 bits per heavy atom. The van der Waals surface area contributed by atoms with E-state index >= 15 is 0 Å². The molecule has 0 unspecified atom stereocenters. The zero-order valence-electron chi connectivity index (χ0n) is 7.99. The van der Waals surface area contributed by atoms with Gasteiger partial charge >= 0.3 is 0 Å². The van der Waals surface area contributed by atoms with E-state index in [2.05, 4.69) is 0 Å². The molecule has 0 aromatic carbocycles. The third-order valence-corrected chi connectivity index (χ3v) is 2.05. The normalized spacial score (nSPS) is 10.3. The number of nitrogens with zero attached hydrogens (tertiary/aromatic N) is 2. The Labute approximate surface area is 77.4 Å². The highest BCUT2D eigenvalue weighted by atomic mass is 16.4. The molecule has 0 amide bonds. The Balaban J connectivity index is 2.93. The quantitative estimate of drug-likeness (QED) is 0.567. The van der Waals surface area contributed by atoms with Crippen LogP contribution in [-0.2, 0) is 24.3 Å². The molecule has 13 heavy (non-hydrogen) atoms. The van der Waals surface area contributed by atoms with E-state index < -0.39 is 5.97 Å². The first-order chi connectivity index (χ1) is 6.19. The highest BCUT2D eigenvalue weighted by Gasteiger charge is 2.12. The summed E-state index contributed by atoms with van der Waals surface area (Å²) in [7, 11) is 0. The zero-order chi connectivity index (χ0) is 9.84. The van der Waals surface area contributed by atoms with Crippen molar-refractivity contribution in [2.24, 2.45) is 0 Å². The summed E-state index contributed by atoms with van der Waals surface area (Å²) in [6, 6.07) is 0. The highest BCUT2D eigenvalue weighted by molar-refractivity contribution is 5.62. The molecular weight excluding hydrogens is 168 g/mol. The Bertz CT molecular complexity index is 305. The summed E-state index contributed by atoms with van der Waals surface area (Å²) in [4.78, 5) is 10.4. The summed E-state index contributed by atoms with van der Waals surface area (Å²) >= 11 is 0. The van der Waals surface area contributed by atoms with E-state index in [0.29, 0.717) is 0 Å². The average Bonchev–Trinajstić information content (AvgIpc) is 2.45. The van der Waals surface area contributed by atoms with Crippen LogP contribution < -0.4 is 9.67 Å². The minimum atomic E-state index is -1.05. The monoisotopic (exact) mass is 182 g/mol. The van der Waals surface area contributed by atoms with Gasteiger partial charge in [-0.1, -0.05) is 6.92 Å². The Hall–Kier alpha value is -1.32. The van der Waals surface area contributed by atoms with Crippen molar-refractivity contribution in [1.82, 2.24) is 4.57 Å². The van der Waals surface area contributed by atoms with E-state index in [-0.39, 0.29) is 6.54 Å². The summed E-state index contributed by atoms with van der Waals surface area (Å²) in [6.45, 7) is 4.84. The lowest BCUT2D eigenvalue weighted by Gasteiger charge is -2.01. The van der Waals surface area contributed by atoms with E-state index in [1.807, 2.05) is 24.6 Å². The molecule has 0 aliphatic carbocycles. The molecule has 4 heteroatoms. The molecule has 0 fully saturated rings. The van der Waals surface area contributed by atoms with E-state index in [1.165, 1.54) is 0 Å². The van der Waals surface area contributed by atoms with Crippen LogP contribution >= 0.6 is 0 Å². The van der Waals surface area contributed by atoms with Crippen molar-refractivity contribution < 1.29 is 14.5 Å². The molecule has 0 saturated heterocycles. The van der Waals surface area contributed by atoms with Gasteiger partial charge in [-0.2, -0.15) is 0 Å². The van der Waals surface area contributed by atoms with E-state index in [4.69, 9.17) is 0 Å². The fourth-order valence-corrected chi connectivity index (χ4v) is 1.48. The molecule has 1 rings (SSSR count). The van der Waals surface area contributed by atoms with Gasteiger partial charge in [0.2, 0.25) is 0 Å². The molecule has 0 bridgehead atoms. The van der Waals surface area contributed by atoms with Crippen molar-refractivity contribution in [3.05, 3.63) is 18.2 Å². The van der Waals surface area contributed by atoms with Gasteiger partial charge in [-0.3, -0.25) is 0 Å². The summed E-state index contributed by atoms with van der Waals surface area (Å²) in [6.07, 6.45) is 4.49.